The van der Waals surface area contributed by atoms with Crippen LogP contribution in [-0.2, 0) is 6.54 Å². The summed E-state index contributed by atoms with van der Waals surface area (Å²) in [5.74, 6) is -0.0275. The molecule has 0 atom stereocenters. The van der Waals surface area contributed by atoms with Gasteiger partial charge in [-0.05, 0) is 12.1 Å². The number of para-hydroxylation sites is 1. The Morgan fingerprint density at radius 1 is 1.42 bits per heavy atom. The summed E-state index contributed by atoms with van der Waals surface area (Å²) < 4.78 is 0.662. The Labute approximate surface area is 121 Å². The molecule has 0 aliphatic rings. The first-order valence-corrected chi connectivity index (χ1v) is 6.92. The van der Waals surface area contributed by atoms with Crippen LogP contribution in [0.2, 0.25) is 4.34 Å². The summed E-state index contributed by atoms with van der Waals surface area (Å²) in [5, 5.41) is 4.11. The highest BCUT2D eigenvalue weighted by atomic mass is 35.5. The summed E-state index contributed by atoms with van der Waals surface area (Å²) in [6.45, 7) is 0.551. The van der Waals surface area contributed by atoms with Crippen LogP contribution in [0.15, 0.2) is 30.5 Å². The number of nitrogens with zero attached hydrogens (tertiary/aromatic N) is 2. The summed E-state index contributed by atoms with van der Waals surface area (Å²) in [4.78, 5) is 17.8. The molecule has 1 aromatic carbocycles. The number of nitrogens with one attached hydrogen (secondary N) is 1. The van der Waals surface area contributed by atoms with E-state index in [-0.39, 0.29) is 5.91 Å². The minimum Gasteiger partial charge on any atom is -0.378 e. The molecule has 0 spiro atoms. The zero-order valence-corrected chi connectivity index (χ0v) is 12.3. The summed E-state index contributed by atoms with van der Waals surface area (Å²) >= 11 is 7.26. The van der Waals surface area contributed by atoms with Gasteiger partial charge < -0.3 is 10.2 Å². The molecule has 0 saturated carbocycles. The summed E-state index contributed by atoms with van der Waals surface area (Å²) in [5.41, 5.74) is 1.45. The highest BCUT2D eigenvalue weighted by Crippen LogP contribution is 2.21. The SMILES string of the molecule is CN(C)C(=O)c1ccccc1NCc1ncc(Cl)s1. The molecule has 1 amide bonds. The minimum absolute atomic E-state index is 0.0275. The normalized spacial score (nSPS) is 10.3. The first kappa shape index (κ1) is 13.8. The van der Waals surface area contributed by atoms with Gasteiger partial charge in [-0.25, -0.2) is 4.98 Å². The Bertz CT molecular complexity index is 583. The van der Waals surface area contributed by atoms with E-state index in [1.165, 1.54) is 11.3 Å². The van der Waals surface area contributed by atoms with Crippen LogP contribution in [-0.4, -0.2) is 29.9 Å². The number of carbonyl (C=O) groups is 1. The van der Waals surface area contributed by atoms with E-state index >= 15 is 0 Å². The fraction of sp³-hybridized carbons (Fsp3) is 0.231. The van der Waals surface area contributed by atoms with Gasteiger partial charge in [0.1, 0.15) is 9.34 Å². The number of halogens is 1. The Hall–Kier alpha value is -1.59. The Balaban J connectivity index is 2.14. The van der Waals surface area contributed by atoms with Crippen LogP contribution in [0.3, 0.4) is 0 Å². The van der Waals surface area contributed by atoms with Crippen molar-refractivity contribution in [2.45, 2.75) is 6.54 Å². The molecule has 0 radical (unpaired) electrons. The van der Waals surface area contributed by atoms with E-state index in [0.29, 0.717) is 16.4 Å². The number of hydrogen-bond acceptors (Lipinski definition) is 4. The van der Waals surface area contributed by atoms with Crippen molar-refractivity contribution in [2.75, 3.05) is 19.4 Å². The van der Waals surface area contributed by atoms with Gasteiger partial charge in [0.05, 0.1) is 18.3 Å². The van der Waals surface area contributed by atoms with Gasteiger partial charge in [-0.2, -0.15) is 0 Å². The van der Waals surface area contributed by atoms with Gasteiger partial charge in [-0.1, -0.05) is 23.7 Å². The zero-order valence-electron chi connectivity index (χ0n) is 10.7. The average Bonchev–Trinajstić information content (AvgIpc) is 2.81. The lowest BCUT2D eigenvalue weighted by Crippen LogP contribution is -2.22. The largest absolute Gasteiger partial charge is 0.378 e. The summed E-state index contributed by atoms with van der Waals surface area (Å²) in [6.07, 6.45) is 1.63. The fourth-order valence-electron chi connectivity index (χ4n) is 1.61. The monoisotopic (exact) mass is 295 g/mol. The number of rotatable bonds is 4. The Morgan fingerprint density at radius 3 is 2.79 bits per heavy atom. The molecule has 1 aromatic heterocycles. The molecule has 0 aliphatic heterocycles. The van der Waals surface area contributed by atoms with Crippen molar-refractivity contribution < 1.29 is 4.79 Å². The second-order valence-corrected chi connectivity index (χ2v) is 5.90. The topological polar surface area (TPSA) is 45.2 Å². The van der Waals surface area contributed by atoms with Gasteiger partial charge in [-0.15, -0.1) is 11.3 Å². The first-order chi connectivity index (χ1) is 9.08. The van der Waals surface area contributed by atoms with Crippen molar-refractivity contribution >= 4 is 34.5 Å². The van der Waals surface area contributed by atoms with E-state index in [9.17, 15) is 4.79 Å². The van der Waals surface area contributed by atoms with Crippen LogP contribution < -0.4 is 5.32 Å². The molecule has 6 heteroatoms. The third-order valence-corrected chi connectivity index (χ3v) is 3.63. The van der Waals surface area contributed by atoms with E-state index in [4.69, 9.17) is 11.6 Å². The maximum Gasteiger partial charge on any atom is 0.255 e. The summed E-state index contributed by atoms with van der Waals surface area (Å²) in [7, 11) is 3.47. The number of thiazole rings is 1. The molecule has 0 unspecified atom stereocenters. The van der Waals surface area contributed by atoms with Crippen molar-refractivity contribution in [3.63, 3.8) is 0 Å². The molecule has 0 fully saturated rings. The fourth-order valence-corrected chi connectivity index (χ4v) is 2.50. The second kappa shape index (κ2) is 6.04. The van der Waals surface area contributed by atoms with Gasteiger partial charge in [0.2, 0.25) is 0 Å². The molecule has 1 heterocycles. The Morgan fingerprint density at radius 2 is 2.16 bits per heavy atom. The number of benzene rings is 1. The molecule has 0 aliphatic carbocycles. The molecule has 4 nitrogen and oxygen atoms in total. The van der Waals surface area contributed by atoms with Gasteiger partial charge in [0, 0.05) is 19.8 Å². The smallest absolute Gasteiger partial charge is 0.255 e. The number of hydrogen-bond donors (Lipinski definition) is 1. The highest BCUT2D eigenvalue weighted by Gasteiger charge is 2.12. The lowest BCUT2D eigenvalue weighted by atomic mass is 10.1. The zero-order chi connectivity index (χ0) is 13.8. The molecule has 0 saturated heterocycles. The number of anilines is 1. The molecule has 100 valence electrons. The van der Waals surface area contributed by atoms with Crippen LogP contribution in [0.25, 0.3) is 0 Å². The van der Waals surface area contributed by atoms with Crippen LogP contribution in [0, 0.1) is 0 Å². The Kier molecular flexibility index (Phi) is 4.39. The van der Waals surface area contributed by atoms with Crippen LogP contribution in [0.4, 0.5) is 5.69 Å². The van der Waals surface area contributed by atoms with E-state index in [2.05, 4.69) is 10.3 Å². The molecule has 0 bridgehead atoms. The second-order valence-electron chi connectivity index (χ2n) is 4.16. The maximum atomic E-state index is 12.0. The van der Waals surface area contributed by atoms with Gasteiger partial charge in [0.15, 0.2) is 0 Å². The van der Waals surface area contributed by atoms with Crippen LogP contribution in [0.1, 0.15) is 15.4 Å². The molecular formula is C13H14ClN3OS. The quantitative estimate of drug-likeness (QED) is 0.942. The minimum atomic E-state index is -0.0275. The number of carbonyl (C=O) groups excluding carboxylic acids is 1. The lowest BCUT2D eigenvalue weighted by molar-refractivity contribution is 0.0828. The molecule has 1 N–H and O–H groups in total. The maximum absolute atomic E-state index is 12.0. The van der Waals surface area contributed by atoms with Crippen molar-refractivity contribution in [3.8, 4) is 0 Å². The standard InChI is InChI=1S/C13H14ClN3OS/c1-17(2)13(18)9-5-3-4-6-10(9)15-8-12-16-7-11(14)19-12/h3-7,15H,8H2,1-2H3. The van der Waals surface area contributed by atoms with E-state index < -0.39 is 0 Å². The highest BCUT2D eigenvalue weighted by molar-refractivity contribution is 7.15. The van der Waals surface area contributed by atoms with E-state index in [0.717, 1.165) is 10.7 Å². The first-order valence-electron chi connectivity index (χ1n) is 5.72. The lowest BCUT2D eigenvalue weighted by Gasteiger charge is -2.14. The molecule has 2 rings (SSSR count). The molecular weight excluding hydrogens is 282 g/mol. The molecule has 2 aromatic rings. The average molecular weight is 296 g/mol. The van der Waals surface area contributed by atoms with Crippen LogP contribution >= 0.6 is 22.9 Å². The van der Waals surface area contributed by atoms with Gasteiger partial charge in [-0.3, -0.25) is 4.79 Å². The predicted octanol–water partition coefficient (Wildman–Crippen LogP) is 3.11. The van der Waals surface area contributed by atoms with Gasteiger partial charge >= 0.3 is 0 Å². The van der Waals surface area contributed by atoms with Crippen molar-refractivity contribution in [1.29, 1.82) is 0 Å². The van der Waals surface area contributed by atoms with Crippen molar-refractivity contribution in [2.24, 2.45) is 0 Å². The van der Waals surface area contributed by atoms with E-state index in [1.807, 2.05) is 18.2 Å². The van der Waals surface area contributed by atoms with E-state index in [1.54, 1.807) is 31.3 Å². The third-order valence-electron chi connectivity index (χ3n) is 2.52. The summed E-state index contributed by atoms with van der Waals surface area (Å²) in [6, 6.07) is 7.43. The van der Waals surface area contributed by atoms with Crippen LogP contribution in [0.5, 0.6) is 0 Å². The van der Waals surface area contributed by atoms with Crippen molar-refractivity contribution in [3.05, 3.63) is 45.4 Å². The number of amides is 1. The molecule has 19 heavy (non-hydrogen) atoms. The van der Waals surface area contributed by atoms with Gasteiger partial charge in [0.25, 0.3) is 5.91 Å². The van der Waals surface area contributed by atoms with Crippen molar-refractivity contribution in [1.82, 2.24) is 9.88 Å². The third kappa shape index (κ3) is 3.45. The predicted molar refractivity (Wildman–Crippen MR) is 78.9 cm³/mol. The number of aromatic nitrogens is 1.